The smallest absolute Gasteiger partial charge is 0.266 e. The zero-order chi connectivity index (χ0) is 22.2. The Hall–Kier alpha value is -2.88. The van der Waals surface area contributed by atoms with E-state index in [0.717, 1.165) is 19.0 Å². The van der Waals surface area contributed by atoms with Crippen molar-refractivity contribution >= 4 is 5.91 Å². The van der Waals surface area contributed by atoms with Gasteiger partial charge < -0.3 is 15.5 Å². The van der Waals surface area contributed by atoms with Crippen LogP contribution in [-0.2, 0) is 10.3 Å². The van der Waals surface area contributed by atoms with Gasteiger partial charge in [0.2, 0.25) is 5.91 Å². The highest BCUT2D eigenvalue weighted by Gasteiger charge is 2.52. The Morgan fingerprint density at radius 3 is 2.71 bits per heavy atom. The number of nitrogens with two attached hydrogens (primary N) is 1. The lowest BCUT2D eigenvalue weighted by molar-refractivity contribution is -0.139. The van der Waals surface area contributed by atoms with Crippen LogP contribution in [0, 0.1) is 5.92 Å². The number of rotatable bonds is 7. The second-order valence-corrected chi connectivity index (χ2v) is 8.42. The van der Waals surface area contributed by atoms with Crippen LogP contribution in [0.1, 0.15) is 43.5 Å². The Morgan fingerprint density at radius 2 is 2.13 bits per heavy atom. The third-order valence-electron chi connectivity index (χ3n) is 6.21. The second kappa shape index (κ2) is 7.99. The molecule has 1 aliphatic carbocycles. The van der Waals surface area contributed by atoms with Crippen LogP contribution in [0.15, 0.2) is 35.5 Å². The van der Waals surface area contributed by atoms with Gasteiger partial charge in [-0.15, -0.1) is 0 Å². The molecule has 2 fully saturated rings. The molecule has 2 atom stereocenters. The van der Waals surface area contributed by atoms with Crippen LogP contribution in [0.2, 0.25) is 0 Å². The number of hydrogen-bond acceptors (Lipinski definition) is 6. The van der Waals surface area contributed by atoms with Crippen LogP contribution in [0.4, 0.5) is 8.78 Å². The van der Waals surface area contributed by atoms with Gasteiger partial charge in [0.05, 0.1) is 36.3 Å². The number of aromatic nitrogens is 3. The topological polar surface area (TPSA) is 114 Å². The highest BCUT2D eigenvalue weighted by Crippen LogP contribution is 2.43. The van der Waals surface area contributed by atoms with Crippen molar-refractivity contribution in [2.24, 2.45) is 11.7 Å². The average Bonchev–Trinajstić information content (AvgIpc) is 3.57. The van der Waals surface area contributed by atoms with Crippen LogP contribution in [0.25, 0.3) is 0 Å². The van der Waals surface area contributed by atoms with Crippen molar-refractivity contribution in [3.8, 4) is 5.75 Å². The number of primary amides is 1. The van der Waals surface area contributed by atoms with E-state index in [1.807, 2.05) is 0 Å². The lowest BCUT2D eigenvalue weighted by Crippen LogP contribution is -2.59. The van der Waals surface area contributed by atoms with E-state index in [1.165, 1.54) is 12.4 Å². The summed E-state index contributed by atoms with van der Waals surface area (Å²) in [5.74, 6) is -3.87. The van der Waals surface area contributed by atoms with Crippen molar-refractivity contribution in [3.63, 3.8) is 0 Å². The molecule has 2 aromatic heterocycles. The molecular weight excluding hydrogens is 408 g/mol. The van der Waals surface area contributed by atoms with E-state index in [1.54, 1.807) is 24.0 Å². The van der Waals surface area contributed by atoms with Gasteiger partial charge in [-0.25, -0.2) is 8.78 Å². The summed E-state index contributed by atoms with van der Waals surface area (Å²) < 4.78 is 35.1. The number of H-pyrrole nitrogens is 1. The minimum atomic E-state index is -3.05. The summed E-state index contributed by atoms with van der Waals surface area (Å²) in [5, 5.41) is 0. The minimum absolute atomic E-state index is 0.0477. The van der Waals surface area contributed by atoms with Crippen molar-refractivity contribution in [1.29, 1.82) is 0 Å². The number of halogens is 2. The molecule has 8 nitrogen and oxygen atoms in total. The maximum Gasteiger partial charge on any atom is 0.266 e. The summed E-state index contributed by atoms with van der Waals surface area (Å²) in [7, 11) is 0. The van der Waals surface area contributed by atoms with Crippen LogP contribution in [0.5, 0.6) is 5.75 Å². The third kappa shape index (κ3) is 4.30. The van der Waals surface area contributed by atoms with Crippen LogP contribution >= 0.6 is 0 Å². The summed E-state index contributed by atoms with van der Waals surface area (Å²) in [6.07, 6.45) is 5.53. The molecule has 2 aliphatic rings. The highest BCUT2D eigenvalue weighted by molar-refractivity contribution is 5.85. The van der Waals surface area contributed by atoms with Crippen molar-refractivity contribution in [2.75, 3.05) is 19.7 Å². The summed E-state index contributed by atoms with van der Waals surface area (Å²) in [6.45, 7) is 1.99. The van der Waals surface area contributed by atoms with Crippen molar-refractivity contribution in [1.82, 2.24) is 19.9 Å². The first-order valence-electron chi connectivity index (χ1n) is 10.3. The Kier molecular flexibility index (Phi) is 5.50. The molecule has 31 heavy (non-hydrogen) atoms. The first-order valence-corrected chi connectivity index (χ1v) is 10.3. The number of carbonyl (C=O) groups excluding carboxylic acids is 1. The predicted molar refractivity (Wildman–Crippen MR) is 108 cm³/mol. The van der Waals surface area contributed by atoms with E-state index in [4.69, 9.17) is 10.5 Å². The first kappa shape index (κ1) is 21.4. The third-order valence-corrected chi connectivity index (χ3v) is 6.21. The molecule has 0 aromatic carbocycles. The van der Waals surface area contributed by atoms with Gasteiger partial charge in [0, 0.05) is 25.7 Å². The van der Waals surface area contributed by atoms with Gasteiger partial charge in [0.25, 0.3) is 11.5 Å². The quantitative estimate of drug-likeness (QED) is 0.688. The number of nitrogens with zero attached hydrogens (tertiary/aromatic N) is 3. The van der Waals surface area contributed by atoms with Gasteiger partial charge in [0.15, 0.2) is 0 Å². The van der Waals surface area contributed by atoms with Crippen molar-refractivity contribution in [2.45, 2.75) is 43.6 Å². The number of nitrogens with one attached hydrogen (secondary N) is 1. The zero-order valence-electron chi connectivity index (χ0n) is 17.2. The molecule has 3 N–H and O–H groups in total. The lowest BCUT2D eigenvalue weighted by atomic mass is 9.85. The van der Waals surface area contributed by atoms with Gasteiger partial charge in [0.1, 0.15) is 11.3 Å². The lowest BCUT2D eigenvalue weighted by Gasteiger charge is -2.45. The SMILES string of the molecule is CC(C(N)=O)(c1ccc(OCC2CC2)cn1)N1CCC(F)(F)[C@@H](c2c[nH]c(=O)cn2)C1. The molecule has 1 saturated carbocycles. The fraction of sp³-hybridized carbons (Fsp3) is 0.524. The molecule has 1 unspecified atom stereocenters. The molecule has 0 radical (unpaired) electrons. The maximum absolute atomic E-state index is 14.7. The van der Waals surface area contributed by atoms with Crippen molar-refractivity contribution in [3.05, 3.63) is 52.5 Å². The number of likely N-dealkylation sites (tertiary alicyclic amines) is 1. The van der Waals surface area contributed by atoms with E-state index in [-0.39, 0.29) is 18.8 Å². The summed E-state index contributed by atoms with van der Waals surface area (Å²) in [4.78, 5) is 36.1. The Labute approximate surface area is 177 Å². The Morgan fingerprint density at radius 1 is 1.35 bits per heavy atom. The number of aromatic amines is 1. The number of carbonyl (C=O) groups is 1. The summed E-state index contributed by atoms with van der Waals surface area (Å²) in [6, 6.07) is 3.36. The molecule has 3 heterocycles. The fourth-order valence-corrected chi connectivity index (χ4v) is 3.86. The number of hydrogen-bond donors (Lipinski definition) is 2. The van der Waals surface area contributed by atoms with E-state index in [0.29, 0.717) is 24.0 Å². The van der Waals surface area contributed by atoms with E-state index < -0.39 is 35.3 Å². The number of alkyl halides is 2. The number of piperidine rings is 1. The van der Waals surface area contributed by atoms with E-state index in [2.05, 4.69) is 15.0 Å². The van der Waals surface area contributed by atoms with Gasteiger partial charge in [-0.1, -0.05) is 0 Å². The number of amides is 1. The molecule has 10 heteroatoms. The highest BCUT2D eigenvalue weighted by atomic mass is 19.3. The standard InChI is InChI=1S/C21H25F2N5O3/c1-20(19(24)30,17-5-4-14(8-26-17)31-12-13-2-3-13)28-7-6-21(22,23)15(11-28)16-9-27-18(29)10-25-16/h4-5,8-10,13,15H,2-3,6-7,11-12H2,1H3,(H2,24,30)(H,27,29)/t15-,20?/m1/s1. The molecule has 1 aliphatic heterocycles. The van der Waals surface area contributed by atoms with E-state index >= 15 is 0 Å². The maximum atomic E-state index is 14.7. The van der Waals surface area contributed by atoms with Gasteiger partial charge >= 0.3 is 0 Å². The van der Waals surface area contributed by atoms with Crippen LogP contribution in [0.3, 0.4) is 0 Å². The van der Waals surface area contributed by atoms with Gasteiger partial charge in [-0.05, 0) is 37.8 Å². The zero-order valence-corrected chi connectivity index (χ0v) is 17.2. The molecule has 1 saturated heterocycles. The second-order valence-electron chi connectivity index (χ2n) is 8.42. The predicted octanol–water partition coefficient (Wildman–Crippen LogP) is 1.78. The summed E-state index contributed by atoms with van der Waals surface area (Å²) in [5.41, 5.74) is 4.29. The molecule has 2 aromatic rings. The molecular formula is C21H25F2N5O3. The molecule has 1 amide bonds. The Bertz CT molecular complexity index is 988. The minimum Gasteiger partial charge on any atom is -0.492 e. The largest absolute Gasteiger partial charge is 0.492 e. The van der Waals surface area contributed by atoms with Crippen LogP contribution < -0.4 is 16.0 Å². The van der Waals surface area contributed by atoms with Crippen LogP contribution in [-0.4, -0.2) is 51.4 Å². The number of pyridine rings is 1. The average molecular weight is 433 g/mol. The molecule has 166 valence electrons. The van der Waals surface area contributed by atoms with Gasteiger partial charge in [-0.2, -0.15) is 0 Å². The Balaban J connectivity index is 1.59. The van der Waals surface area contributed by atoms with Gasteiger partial charge in [-0.3, -0.25) is 24.5 Å². The van der Waals surface area contributed by atoms with E-state index in [9.17, 15) is 18.4 Å². The normalized spacial score (nSPS) is 23.1. The molecule has 0 spiro atoms. The number of ether oxygens (including phenoxy) is 1. The molecule has 0 bridgehead atoms. The monoisotopic (exact) mass is 433 g/mol. The summed E-state index contributed by atoms with van der Waals surface area (Å²) >= 11 is 0. The van der Waals surface area contributed by atoms with Crippen molar-refractivity contribution < 1.29 is 18.3 Å². The fourth-order valence-electron chi connectivity index (χ4n) is 3.86. The molecule has 4 rings (SSSR count). The first-order chi connectivity index (χ1) is 14.7.